The zero-order valence-electron chi connectivity index (χ0n) is 16.3. The number of hydrogen-bond acceptors (Lipinski definition) is 0. The van der Waals surface area contributed by atoms with Crippen molar-refractivity contribution >= 4 is 0 Å². The molecular weight excluding hydrogens is 292 g/mol. The minimum absolute atomic E-state index is 0.979. The molecule has 0 aliphatic heterocycles. The average Bonchev–Trinajstić information content (AvgIpc) is 2.51. The molecule has 136 valence electrons. The van der Waals surface area contributed by atoms with Gasteiger partial charge < -0.3 is 10.6 Å². The van der Waals surface area contributed by atoms with E-state index in [-0.39, 0.29) is 0 Å². The van der Waals surface area contributed by atoms with Crippen LogP contribution in [0.3, 0.4) is 0 Å². The lowest BCUT2D eigenvalue weighted by atomic mass is 9.54. The van der Waals surface area contributed by atoms with Crippen molar-refractivity contribution in [3.05, 3.63) is 23.3 Å². The molecule has 2 heteroatoms. The molecule has 4 bridgehead atoms. The van der Waals surface area contributed by atoms with Crippen molar-refractivity contribution in [1.82, 2.24) is 0 Å². The fourth-order valence-electron chi connectivity index (χ4n) is 5.85. The molecule has 4 fully saturated rings. The van der Waals surface area contributed by atoms with Crippen LogP contribution >= 0.6 is 0 Å². The molecule has 4 saturated carbocycles. The summed E-state index contributed by atoms with van der Waals surface area (Å²) in [7, 11) is 0. The molecule has 4 aliphatic rings. The van der Waals surface area contributed by atoms with Crippen molar-refractivity contribution in [2.75, 3.05) is 19.6 Å². The summed E-state index contributed by atoms with van der Waals surface area (Å²) < 4.78 is 0. The van der Waals surface area contributed by atoms with Gasteiger partial charge in [-0.2, -0.15) is 0 Å². The van der Waals surface area contributed by atoms with E-state index >= 15 is 0 Å². The smallest absolute Gasteiger partial charge is 0.125 e. The van der Waals surface area contributed by atoms with Gasteiger partial charge in [-0.05, 0) is 83.6 Å². The average molecular weight is 333 g/mol. The van der Waals surface area contributed by atoms with Gasteiger partial charge in [0.1, 0.15) is 13.1 Å². The lowest BCUT2D eigenvalue weighted by molar-refractivity contribution is -0.749. The van der Waals surface area contributed by atoms with E-state index in [1.54, 1.807) is 37.7 Å². The molecular formula is C22H40N2+2. The standard InChI is InChI=1S/C22H38N2/c1-16(2)5-4-6-17(3)7-8-23-9-10-24-22-20-12-18-11-19(14-20)15-21(22)13-18/h5,7,18-24H,4,6,8-15H2,1-3H3/p+2/b17-7-. The molecule has 0 aromatic carbocycles. The predicted molar refractivity (Wildman–Crippen MR) is 102 cm³/mol. The molecule has 0 atom stereocenters. The van der Waals surface area contributed by atoms with Crippen molar-refractivity contribution in [2.24, 2.45) is 23.7 Å². The van der Waals surface area contributed by atoms with Gasteiger partial charge in [0.05, 0.1) is 12.6 Å². The highest BCUT2D eigenvalue weighted by molar-refractivity contribution is 5.02. The second-order valence-electron chi connectivity index (χ2n) is 9.22. The van der Waals surface area contributed by atoms with Crippen molar-refractivity contribution in [3.63, 3.8) is 0 Å². The lowest BCUT2D eigenvalue weighted by Crippen LogP contribution is -3.00. The van der Waals surface area contributed by atoms with Crippen LogP contribution in [0.15, 0.2) is 23.3 Å². The Bertz CT molecular complexity index is 431. The van der Waals surface area contributed by atoms with E-state index in [0.717, 1.165) is 36.3 Å². The molecule has 0 aromatic heterocycles. The number of allylic oxidation sites excluding steroid dienone is 3. The molecule has 0 saturated heterocycles. The van der Waals surface area contributed by atoms with Gasteiger partial charge >= 0.3 is 0 Å². The molecule has 2 nitrogen and oxygen atoms in total. The van der Waals surface area contributed by atoms with Crippen molar-refractivity contribution < 1.29 is 10.6 Å². The van der Waals surface area contributed by atoms with E-state index in [0.29, 0.717) is 0 Å². The van der Waals surface area contributed by atoms with Crippen LogP contribution < -0.4 is 10.6 Å². The van der Waals surface area contributed by atoms with Gasteiger partial charge in [-0.1, -0.05) is 17.2 Å². The summed E-state index contributed by atoms with van der Waals surface area (Å²) in [5, 5.41) is 5.23. The normalized spacial score (nSPS) is 34.6. The third kappa shape index (κ3) is 4.95. The third-order valence-corrected chi connectivity index (χ3v) is 6.83. The Morgan fingerprint density at radius 1 is 0.875 bits per heavy atom. The van der Waals surface area contributed by atoms with E-state index in [2.05, 4.69) is 43.6 Å². The molecule has 0 spiro atoms. The molecule has 0 amide bonds. The molecule has 24 heavy (non-hydrogen) atoms. The highest BCUT2D eigenvalue weighted by atomic mass is 15.0. The minimum Gasteiger partial charge on any atom is -0.339 e. The lowest BCUT2D eigenvalue weighted by Gasteiger charge is -2.52. The van der Waals surface area contributed by atoms with Crippen molar-refractivity contribution in [3.8, 4) is 0 Å². The molecule has 4 aliphatic carbocycles. The predicted octanol–water partition coefficient (Wildman–Crippen LogP) is 2.63. The van der Waals surface area contributed by atoms with Crippen LogP contribution in [0, 0.1) is 23.7 Å². The zero-order valence-corrected chi connectivity index (χ0v) is 16.3. The Labute approximate surface area is 149 Å². The molecule has 0 aromatic rings. The quantitative estimate of drug-likeness (QED) is 0.481. The Morgan fingerprint density at radius 3 is 2.17 bits per heavy atom. The summed E-state index contributed by atoms with van der Waals surface area (Å²) in [6.07, 6.45) is 15.0. The van der Waals surface area contributed by atoms with E-state index in [9.17, 15) is 0 Å². The second kappa shape index (κ2) is 8.67. The molecule has 0 heterocycles. The van der Waals surface area contributed by atoms with Gasteiger partial charge in [0.25, 0.3) is 0 Å². The SMILES string of the molecule is CC(C)=CCC/C(C)=C\C[NH2+]CC[NH2+]C1C2CC3CC(C2)CC1C3. The Kier molecular flexibility index (Phi) is 6.57. The van der Waals surface area contributed by atoms with Crippen molar-refractivity contribution in [2.45, 2.75) is 71.8 Å². The first-order valence-corrected chi connectivity index (χ1v) is 10.6. The van der Waals surface area contributed by atoms with Gasteiger partial charge in [0.15, 0.2) is 0 Å². The first-order chi connectivity index (χ1) is 11.6. The maximum Gasteiger partial charge on any atom is 0.125 e. The topological polar surface area (TPSA) is 33.2 Å². The van der Waals surface area contributed by atoms with Crippen LogP contribution in [0.5, 0.6) is 0 Å². The molecule has 0 radical (unpaired) electrons. The molecule has 0 unspecified atom stereocenters. The zero-order chi connectivity index (χ0) is 16.9. The van der Waals surface area contributed by atoms with Gasteiger partial charge in [-0.25, -0.2) is 0 Å². The first kappa shape index (κ1) is 18.2. The number of rotatable bonds is 9. The number of nitrogens with two attached hydrogens (primary N) is 2. The summed E-state index contributed by atoms with van der Waals surface area (Å²) in [6.45, 7) is 10.4. The summed E-state index contributed by atoms with van der Waals surface area (Å²) in [5.41, 5.74) is 2.99. The van der Waals surface area contributed by atoms with Crippen LogP contribution in [0.2, 0.25) is 0 Å². The summed E-state index contributed by atoms with van der Waals surface area (Å²) in [4.78, 5) is 0. The largest absolute Gasteiger partial charge is 0.339 e. The van der Waals surface area contributed by atoms with Crippen LogP contribution in [0.1, 0.15) is 65.7 Å². The van der Waals surface area contributed by atoms with Crippen molar-refractivity contribution in [1.29, 1.82) is 0 Å². The maximum absolute atomic E-state index is 2.73. The third-order valence-electron chi connectivity index (χ3n) is 6.83. The maximum atomic E-state index is 2.73. The Hall–Kier alpha value is -0.600. The van der Waals surface area contributed by atoms with Gasteiger partial charge in [-0.15, -0.1) is 0 Å². The second-order valence-corrected chi connectivity index (χ2v) is 9.22. The van der Waals surface area contributed by atoms with Gasteiger partial charge in [0.2, 0.25) is 0 Å². The van der Waals surface area contributed by atoms with E-state index in [1.165, 1.54) is 31.5 Å². The first-order valence-electron chi connectivity index (χ1n) is 10.6. The van der Waals surface area contributed by atoms with Gasteiger partial charge in [0, 0.05) is 11.8 Å². The fraction of sp³-hybridized carbons (Fsp3) is 0.818. The van der Waals surface area contributed by atoms with Gasteiger partial charge in [-0.3, -0.25) is 0 Å². The van der Waals surface area contributed by atoms with Crippen LogP contribution in [-0.4, -0.2) is 25.7 Å². The minimum atomic E-state index is 0.979. The summed E-state index contributed by atoms with van der Waals surface area (Å²) in [5.74, 6) is 4.36. The highest BCUT2D eigenvalue weighted by Crippen LogP contribution is 2.52. The van der Waals surface area contributed by atoms with Crippen LogP contribution in [0.25, 0.3) is 0 Å². The van der Waals surface area contributed by atoms with Crippen LogP contribution in [-0.2, 0) is 0 Å². The van der Waals surface area contributed by atoms with Crippen LogP contribution in [0.4, 0.5) is 0 Å². The number of hydrogen-bond donors (Lipinski definition) is 2. The molecule has 4 N–H and O–H groups in total. The monoisotopic (exact) mass is 332 g/mol. The summed E-state index contributed by atoms with van der Waals surface area (Å²) in [6, 6.07) is 0.979. The Morgan fingerprint density at radius 2 is 1.54 bits per heavy atom. The Balaban J connectivity index is 1.27. The van der Waals surface area contributed by atoms with E-state index < -0.39 is 0 Å². The van der Waals surface area contributed by atoms with E-state index in [1.807, 2.05) is 0 Å². The fourth-order valence-corrected chi connectivity index (χ4v) is 5.85. The highest BCUT2D eigenvalue weighted by Gasteiger charge is 2.49. The molecule has 4 rings (SSSR count). The number of quaternary nitrogens is 2. The van der Waals surface area contributed by atoms with E-state index in [4.69, 9.17) is 0 Å². The summed E-state index contributed by atoms with van der Waals surface area (Å²) >= 11 is 0.